The number of halogens is 1. The highest BCUT2D eigenvalue weighted by Gasteiger charge is 2.02. The van der Waals surface area contributed by atoms with E-state index in [-0.39, 0.29) is 0 Å². The summed E-state index contributed by atoms with van der Waals surface area (Å²) >= 11 is 5.20. The van der Waals surface area contributed by atoms with Crippen LogP contribution in [-0.2, 0) is 0 Å². The maximum Gasteiger partial charge on any atom is 0.133 e. The summed E-state index contributed by atoms with van der Waals surface area (Å²) < 4.78 is 11.6. The molecule has 4 heteroatoms. The number of benzene rings is 1. The van der Waals surface area contributed by atoms with Crippen LogP contribution < -0.4 is 9.47 Å². The molecule has 0 heterocycles. The first kappa shape index (κ1) is 11.7. The molecule has 0 spiro atoms. The van der Waals surface area contributed by atoms with E-state index in [0.717, 1.165) is 28.3 Å². The molecule has 0 amide bonds. The average Bonchev–Trinajstić information content (AvgIpc) is 2.20. The second-order valence-electron chi connectivity index (χ2n) is 2.64. The normalized spacial score (nSPS) is 9.93. The molecule has 1 aromatic rings. The van der Waals surface area contributed by atoms with Crippen molar-refractivity contribution in [3.05, 3.63) is 22.7 Å². The molecule has 0 radical (unpaired) electrons. The molecule has 0 saturated heterocycles. The second-order valence-corrected chi connectivity index (χ2v) is 4.48. The van der Waals surface area contributed by atoms with Gasteiger partial charge in [-0.3, -0.25) is 0 Å². The Labute approximate surface area is 97.1 Å². The lowest BCUT2D eigenvalue weighted by atomic mass is 10.3. The van der Waals surface area contributed by atoms with Crippen LogP contribution in [0.4, 0.5) is 0 Å². The highest BCUT2D eigenvalue weighted by molar-refractivity contribution is 9.10. The maximum absolute atomic E-state index is 5.55. The minimum Gasteiger partial charge on any atom is -0.497 e. The van der Waals surface area contributed by atoms with Crippen molar-refractivity contribution in [2.45, 2.75) is 0 Å². The van der Waals surface area contributed by atoms with Crippen molar-refractivity contribution in [1.29, 1.82) is 0 Å². The maximum atomic E-state index is 5.55. The Morgan fingerprint density at radius 3 is 2.79 bits per heavy atom. The van der Waals surface area contributed by atoms with Gasteiger partial charge in [0.2, 0.25) is 0 Å². The minimum atomic E-state index is 0.728. The van der Waals surface area contributed by atoms with Crippen LogP contribution in [-0.4, -0.2) is 25.7 Å². The van der Waals surface area contributed by atoms with Crippen molar-refractivity contribution in [1.82, 2.24) is 0 Å². The zero-order chi connectivity index (χ0) is 10.4. The van der Waals surface area contributed by atoms with E-state index in [1.807, 2.05) is 18.2 Å². The van der Waals surface area contributed by atoms with Gasteiger partial charge in [-0.15, -0.1) is 0 Å². The topological polar surface area (TPSA) is 18.5 Å². The van der Waals surface area contributed by atoms with Gasteiger partial charge in [-0.1, -0.05) is 0 Å². The summed E-state index contributed by atoms with van der Waals surface area (Å²) in [6, 6.07) is 5.69. The molecule has 14 heavy (non-hydrogen) atoms. The fourth-order valence-electron chi connectivity index (χ4n) is 0.961. The molecule has 0 bridgehead atoms. The van der Waals surface area contributed by atoms with Crippen LogP contribution in [0.1, 0.15) is 0 Å². The summed E-state index contributed by atoms with van der Waals surface area (Å²) in [5.41, 5.74) is 0. The Kier molecular flexibility index (Phi) is 5.19. The fraction of sp³-hybridized carbons (Fsp3) is 0.400. The van der Waals surface area contributed by atoms with E-state index in [0.29, 0.717) is 0 Å². The van der Waals surface area contributed by atoms with E-state index in [4.69, 9.17) is 9.47 Å². The zero-order valence-corrected chi connectivity index (χ0v) is 10.7. The van der Waals surface area contributed by atoms with Crippen molar-refractivity contribution < 1.29 is 9.47 Å². The van der Waals surface area contributed by atoms with Crippen LogP contribution in [0, 0.1) is 0 Å². The lowest BCUT2D eigenvalue weighted by Crippen LogP contribution is -2.00. The molecule has 0 N–H and O–H groups in total. The van der Waals surface area contributed by atoms with Gasteiger partial charge < -0.3 is 9.47 Å². The highest BCUT2D eigenvalue weighted by atomic mass is 79.9. The van der Waals surface area contributed by atoms with E-state index in [1.54, 1.807) is 18.9 Å². The summed E-state index contributed by atoms with van der Waals surface area (Å²) in [4.78, 5) is 0. The fourth-order valence-corrected chi connectivity index (χ4v) is 1.68. The van der Waals surface area contributed by atoms with Crippen LogP contribution in [0.25, 0.3) is 0 Å². The molecule has 2 nitrogen and oxygen atoms in total. The predicted molar refractivity (Wildman–Crippen MR) is 64.6 cm³/mol. The van der Waals surface area contributed by atoms with Gasteiger partial charge in [-0.2, -0.15) is 11.8 Å². The van der Waals surface area contributed by atoms with Crippen LogP contribution in [0.5, 0.6) is 11.5 Å². The molecule has 1 rings (SSSR count). The molecular weight excluding hydrogens is 264 g/mol. The SMILES string of the molecule is COc1ccc(OCCSC)c(Br)c1. The Morgan fingerprint density at radius 1 is 1.43 bits per heavy atom. The molecule has 0 unspecified atom stereocenters. The molecule has 0 aliphatic heterocycles. The van der Waals surface area contributed by atoms with Gasteiger partial charge in [0.15, 0.2) is 0 Å². The van der Waals surface area contributed by atoms with Crippen LogP contribution >= 0.6 is 27.7 Å². The Hall–Kier alpha value is -0.350. The van der Waals surface area contributed by atoms with Gasteiger partial charge in [-0.25, -0.2) is 0 Å². The number of hydrogen-bond acceptors (Lipinski definition) is 3. The second kappa shape index (κ2) is 6.19. The van der Waals surface area contributed by atoms with Crippen LogP contribution in [0.15, 0.2) is 22.7 Å². The standard InChI is InChI=1S/C10H13BrO2S/c1-12-8-3-4-10(9(11)7-8)13-5-6-14-2/h3-4,7H,5-6H2,1-2H3. The first-order valence-corrected chi connectivity index (χ1v) is 6.42. The van der Waals surface area contributed by atoms with E-state index in [2.05, 4.69) is 22.2 Å². The van der Waals surface area contributed by atoms with E-state index in [9.17, 15) is 0 Å². The number of hydrogen-bond donors (Lipinski definition) is 0. The molecule has 0 fully saturated rings. The Morgan fingerprint density at radius 2 is 2.21 bits per heavy atom. The van der Waals surface area contributed by atoms with Crippen molar-refractivity contribution in [3.63, 3.8) is 0 Å². The van der Waals surface area contributed by atoms with Gasteiger partial charge in [0, 0.05) is 5.75 Å². The van der Waals surface area contributed by atoms with Gasteiger partial charge in [0.05, 0.1) is 18.2 Å². The molecule has 0 aromatic heterocycles. The summed E-state index contributed by atoms with van der Waals surface area (Å²) in [5, 5.41) is 0. The molecule has 0 aliphatic rings. The molecule has 0 aliphatic carbocycles. The number of ether oxygens (including phenoxy) is 2. The zero-order valence-electron chi connectivity index (χ0n) is 8.25. The van der Waals surface area contributed by atoms with Crippen molar-refractivity contribution >= 4 is 27.7 Å². The lowest BCUT2D eigenvalue weighted by molar-refractivity contribution is 0.340. The average molecular weight is 277 g/mol. The predicted octanol–water partition coefficient (Wildman–Crippen LogP) is 3.20. The smallest absolute Gasteiger partial charge is 0.133 e. The summed E-state index contributed by atoms with van der Waals surface area (Å²) in [6.45, 7) is 0.728. The van der Waals surface area contributed by atoms with Crippen molar-refractivity contribution in [2.24, 2.45) is 0 Å². The number of rotatable bonds is 5. The Balaban J connectivity index is 2.59. The van der Waals surface area contributed by atoms with Gasteiger partial charge in [-0.05, 0) is 40.4 Å². The first-order chi connectivity index (χ1) is 6.77. The van der Waals surface area contributed by atoms with Crippen molar-refractivity contribution in [2.75, 3.05) is 25.7 Å². The van der Waals surface area contributed by atoms with Crippen molar-refractivity contribution in [3.8, 4) is 11.5 Å². The van der Waals surface area contributed by atoms with E-state index < -0.39 is 0 Å². The quantitative estimate of drug-likeness (QED) is 0.770. The largest absolute Gasteiger partial charge is 0.497 e. The summed E-state index contributed by atoms with van der Waals surface area (Å²) in [6.07, 6.45) is 2.06. The highest BCUT2D eigenvalue weighted by Crippen LogP contribution is 2.29. The monoisotopic (exact) mass is 276 g/mol. The minimum absolute atomic E-state index is 0.728. The number of thioether (sulfide) groups is 1. The van der Waals surface area contributed by atoms with Gasteiger partial charge in [0.1, 0.15) is 11.5 Å². The Bertz CT molecular complexity index is 291. The third-order valence-corrected chi connectivity index (χ3v) is 2.88. The molecule has 0 atom stereocenters. The third kappa shape index (κ3) is 3.42. The van der Waals surface area contributed by atoms with Crippen LogP contribution in [0.3, 0.4) is 0 Å². The molecule has 1 aromatic carbocycles. The molecule has 0 saturated carbocycles. The summed E-state index contributed by atoms with van der Waals surface area (Å²) in [7, 11) is 1.65. The van der Waals surface area contributed by atoms with E-state index in [1.165, 1.54) is 0 Å². The number of methoxy groups -OCH3 is 1. The lowest BCUT2D eigenvalue weighted by Gasteiger charge is -2.08. The van der Waals surface area contributed by atoms with Gasteiger partial charge in [0.25, 0.3) is 0 Å². The van der Waals surface area contributed by atoms with E-state index >= 15 is 0 Å². The molecular formula is C10H13BrO2S. The van der Waals surface area contributed by atoms with Gasteiger partial charge >= 0.3 is 0 Å². The third-order valence-electron chi connectivity index (χ3n) is 1.68. The molecule has 78 valence electrons. The first-order valence-electron chi connectivity index (χ1n) is 4.23. The summed E-state index contributed by atoms with van der Waals surface area (Å²) in [5.74, 6) is 2.69. The van der Waals surface area contributed by atoms with Crippen LogP contribution in [0.2, 0.25) is 0 Å².